The first-order chi connectivity index (χ1) is 16.4. The standard InChI is InChI=1S/C25H28N5O4/c1-27-23-22(24(32)28(2)25(27)33)30(17-21(31)34-3)20(26-23)16-29(14-18-10-6-4-7-11-18)15-19-12-8-5-9-13-19/h4-13,22H,14-17H2,1-3H3/q+1. The molecule has 1 atom stereocenters. The van der Waals surface area contributed by atoms with Gasteiger partial charge in [-0.1, -0.05) is 60.7 Å². The number of aliphatic imine (C=N–C) groups is 1. The molecule has 1 fully saturated rings. The molecular weight excluding hydrogens is 434 g/mol. The highest BCUT2D eigenvalue weighted by molar-refractivity contribution is 6.23. The second kappa shape index (κ2) is 9.96. The van der Waals surface area contributed by atoms with E-state index in [0.29, 0.717) is 31.3 Å². The molecule has 2 aromatic carbocycles. The van der Waals surface area contributed by atoms with E-state index in [4.69, 9.17) is 4.74 Å². The molecule has 9 nitrogen and oxygen atoms in total. The summed E-state index contributed by atoms with van der Waals surface area (Å²) < 4.78 is 6.53. The lowest BCUT2D eigenvalue weighted by atomic mass is 10.1. The van der Waals surface area contributed by atoms with Gasteiger partial charge >= 0.3 is 17.8 Å². The molecule has 9 heteroatoms. The van der Waals surface area contributed by atoms with Crippen molar-refractivity contribution in [1.82, 2.24) is 14.7 Å². The Bertz CT molecular complexity index is 1100. The summed E-state index contributed by atoms with van der Waals surface area (Å²) in [5, 5.41) is 0. The van der Waals surface area contributed by atoms with Crippen LogP contribution in [0.5, 0.6) is 0 Å². The number of hydrogen-bond acceptors (Lipinski definition) is 6. The number of likely N-dealkylation sites (N-methyl/N-ethyl adjacent to an activating group) is 2. The van der Waals surface area contributed by atoms with Crippen LogP contribution in [0.3, 0.4) is 0 Å². The van der Waals surface area contributed by atoms with Gasteiger partial charge in [0.25, 0.3) is 17.8 Å². The fraction of sp³-hybridized carbons (Fsp3) is 0.320. The third-order valence-corrected chi connectivity index (χ3v) is 6.00. The van der Waals surface area contributed by atoms with E-state index in [1.807, 2.05) is 36.4 Å². The number of benzene rings is 2. The van der Waals surface area contributed by atoms with Crippen molar-refractivity contribution >= 4 is 29.6 Å². The van der Waals surface area contributed by atoms with Crippen LogP contribution < -0.4 is 0 Å². The molecule has 0 spiro atoms. The lowest BCUT2D eigenvalue weighted by Crippen LogP contribution is -2.62. The number of esters is 1. The highest BCUT2D eigenvalue weighted by atomic mass is 16.5. The van der Waals surface area contributed by atoms with E-state index in [-0.39, 0.29) is 6.54 Å². The van der Waals surface area contributed by atoms with Crippen molar-refractivity contribution in [3.63, 3.8) is 0 Å². The van der Waals surface area contributed by atoms with Crippen LogP contribution >= 0.6 is 0 Å². The number of rotatable bonds is 8. The number of amidine groups is 2. The van der Waals surface area contributed by atoms with Gasteiger partial charge in [0.15, 0.2) is 6.54 Å². The Morgan fingerprint density at radius 3 is 2.03 bits per heavy atom. The summed E-state index contributed by atoms with van der Waals surface area (Å²) >= 11 is 0. The summed E-state index contributed by atoms with van der Waals surface area (Å²) in [7, 11) is 4.33. The number of ether oxygens (including phenoxy) is 1. The number of fused-ring (bicyclic) bond motifs is 1. The maximum atomic E-state index is 13.0. The van der Waals surface area contributed by atoms with Gasteiger partial charge < -0.3 is 4.74 Å². The molecule has 176 valence electrons. The number of carbonyl (C=O) groups is 3. The Morgan fingerprint density at radius 2 is 1.50 bits per heavy atom. The number of methoxy groups -OCH3 is 1. The molecule has 2 aliphatic heterocycles. The number of imide groups is 1. The van der Waals surface area contributed by atoms with Gasteiger partial charge in [0.2, 0.25) is 0 Å². The molecule has 0 aliphatic carbocycles. The molecule has 0 saturated carbocycles. The first-order valence-electron chi connectivity index (χ1n) is 11.0. The number of urea groups is 1. The van der Waals surface area contributed by atoms with E-state index < -0.39 is 23.9 Å². The van der Waals surface area contributed by atoms with Crippen molar-refractivity contribution in [2.45, 2.75) is 19.1 Å². The van der Waals surface area contributed by atoms with E-state index in [2.05, 4.69) is 34.2 Å². The van der Waals surface area contributed by atoms with Crippen molar-refractivity contribution in [1.29, 1.82) is 0 Å². The van der Waals surface area contributed by atoms with Crippen molar-refractivity contribution < 1.29 is 23.7 Å². The Balaban J connectivity index is 1.70. The fourth-order valence-electron chi connectivity index (χ4n) is 4.21. The molecule has 0 bridgehead atoms. The van der Waals surface area contributed by atoms with E-state index in [9.17, 15) is 14.4 Å². The topological polar surface area (TPSA) is 85.5 Å². The predicted molar refractivity (Wildman–Crippen MR) is 126 cm³/mol. The van der Waals surface area contributed by atoms with E-state index >= 15 is 0 Å². The van der Waals surface area contributed by atoms with Crippen LogP contribution in [0.4, 0.5) is 4.79 Å². The lowest BCUT2D eigenvalue weighted by Gasteiger charge is -2.30. The summed E-state index contributed by atoms with van der Waals surface area (Å²) in [4.78, 5) is 47.1. The zero-order valence-electron chi connectivity index (χ0n) is 19.5. The van der Waals surface area contributed by atoms with Crippen molar-refractivity contribution in [3.8, 4) is 0 Å². The highest BCUT2D eigenvalue weighted by Crippen LogP contribution is 2.20. The molecule has 34 heavy (non-hydrogen) atoms. The van der Waals surface area contributed by atoms with Crippen molar-refractivity contribution in [3.05, 3.63) is 71.8 Å². The van der Waals surface area contributed by atoms with Crippen LogP contribution in [0.2, 0.25) is 0 Å². The van der Waals surface area contributed by atoms with Crippen LogP contribution in [0.25, 0.3) is 0 Å². The molecule has 0 N–H and O–H groups in total. The second-order valence-corrected chi connectivity index (χ2v) is 8.35. The molecule has 0 aromatic heterocycles. The second-order valence-electron chi connectivity index (χ2n) is 8.35. The fourth-order valence-corrected chi connectivity index (χ4v) is 4.21. The van der Waals surface area contributed by atoms with Gasteiger partial charge in [-0.05, 0) is 16.1 Å². The zero-order valence-corrected chi connectivity index (χ0v) is 19.5. The third-order valence-electron chi connectivity index (χ3n) is 6.00. The Morgan fingerprint density at radius 1 is 0.941 bits per heavy atom. The molecule has 2 aromatic rings. The van der Waals surface area contributed by atoms with Gasteiger partial charge in [-0.15, -0.1) is 0 Å². The summed E-state index contributed by atoms with van der Waals surface area (Å²) in [6, 6.07) is 18.8. The molecule has 2 aliphatic rings. The van der Waals surface area contributed by atoms with E-state index in [1.54, 1.807) is 11.6 Å². The van der Waals surface area contributed by atoms with Crippen LogP contribution in [0.1, 0.15) is 11.1 Å². The van der Waals surface area contributed by atoms with Crippen LogP contribution in [0.15, 0.2) is 65.7 Å². The lowest BCUT2D eigenvalue weighted by molar-refractivity contribution is -0.527. The number of hydrogen-bond donors (Lipinski definition) is 0. The van der Waals surface area contributed by atoms with Gasteiger partial charge in [0, 0.05) is 27.2 Å². The van der Waals surface area contributed by atoms with E-state index in [1.165, 1.54) is 19.1 Å². The van der Waals surface area contributed by atoms with Gasteiger partial charge in [-0.25, -0.2) is 14.2 Å². The first kappa shape index (κ1) is 23.3. The molecular formula is C25H28N5O4+. The van der Waals surface area contributed by atoms with Crippen LogP contribution in [-0.4, -0.2) is 89.2 Å². The Labute approximate surface area is 198 Å². The minimum absolute atomic E-state index is 0.143. The summed E-state index contributed by atoms with van der Waals surface area (Å²) in [5.74, 6) is -0.0352. The third kappa shape index (κ3) is 4.74. The average molecular weight is 463 g/mol. The van der Waals surface area contributed by atoms with Gasteiger partial charge in [0.05, 0.1) is 7.11 Å². The van der Waals surface area contributed by atoms with Gasteiger partial charge in [-0.2, -0.15) is 0 Å². The highest BCUT2D eigenvalue weighted by Gasteiger charge is 2.53. The minimum atomic E-state index is -0.850. The monoisotopic (exact) mass is 462 g/mol. The first-order valence-corrected chi connectivity index (χ1v) is 11.0. The molecule has 1 unspecified atom stereocenters. The van der Waals surface area contributed by atoms with Gasteiger partial charge in [0.1, 0.15) is 6.54 Å². The maximum Gasteiger partial charge on any atom is 0.347 e. The van der Waals surface area contributed by atoms with Crippen LogP contribution in [-0.2, 0) is 27.4 Å². The zero-order chi connectivity index (χ0) is 24.2. The predicted octanol–water partition coefficient (Wildman–Crippen LogP) is 1.58. The summed E-state index contributed by atoms with van der Waals surface area (Å²) in [5.41, 5.74) is 2.26. The largest absolute Gasteiger partial charge is 0.466 e. The van der Waals surface area contributed by atoms with E-state index in [0.717, 1.165) is 16.0 Å². The normalized spacial score (nSPS) is 17.9. The maximum absolute atomic E-state index is 13.0. The molecule has 1 saturated heterocycles. The molecule has 0 radical (unpaired) electrons. The number of carbonyl (C=O) groups excluding carboxylic acids is 3. The average Bonchev–Trinajstić information content (AvgIpc) is 3.20. The van der Waals surface area contributed by atoms with Crippen molar-refractivity contribution in [2.24, 2.45) is 4.99 Å². The minimum Gasteiger partial charge on any atom is -0.466 e. The van der Waals surface area contributed by atoms with Crippen molar-refractivity contribution in [2.75, 3.05) is 34.3 Å². The Kier molecular flexibility index (Phi) is 6.83. The molecule has 4 rings (SSSR count). The summed E-state index contributed by atoms with van der Waals surface area (Å²) in [6.07, 6.45) is 0. The number of amides is 3. The van der Waals surface area contributed by atoms with Gasteiger partial charge in [-0.3, -0.25) is 19.5 Å². The Hall–Kier alpha value is -3.85. The quantitative estimate of drug-likeness (QED) is 0.439. The van der Waals surface area contributed by atoms with Crippen LogP contribution in [0, 0.1) is 0 Å². The molecule has 2 heterocycles. The summed E-state index contributed by atoms with van der Waals surface area (Å²) in [6.45, 7) is 1.52. The smallest absolute Gasteiger partial charge is 0.347 e. The number of nitrogens with zero attached hydrogens (tertiary/aromatic N) is 5. The SMILES string of the molecule is COC(=O)C[N+]1=C(CN(Cc2ccccc2)Cc2ccccc2)N=C2C1C(=O)N(C)C(=O)N2C. The molecule has 3 amide bonds.